The highest BCUT2D eigenvalue weighted by atomic mass is 79.9. The Balaban J connectivity index is 2.28. The van der Waals surface area contributed by atoms with Crippen molar-refractivity contribution in [2.75, 3.05) is 0 Å². The number of carbonyl (C=O) groups excluding carboxylic acids is 1. The maximum Gasteiger partial charge on any atom is 0.167 e. The molecule has 3 heteroatoms. The van der Waals surface area contributed by atoms with Gasteiger partial charge >= 0.3 is 0 Å². The molecule has 0 aliphatic heterocycles. The van der Waals surface area contributed by atoms with Crippen molar-refractivity contribution in [3.8, 4) is 0 Å². The first-order valence-corrected chi connectivity index (χ1v) is 6.78. The van der Waals surface area contributed by atoms with Crippen molar-refractivity contribution in [1.29, 1.82) is 0 Å². The fourth-order valence-electron chi connectivity index (χ4n) is 1.82. The topological polar surface area (TPSA) is 17.1 Å². The first-order chi connectivity index (χ1) is 8.59. The summed E-state index contributed by atoms with van der Waals surface area (Å²) in [6.07, 6.45) is 0.330. The van der Waals surface area contributed by atoms with Crippen LogP contribution in [0.25, 0.3) is 0 Å². The predicted molar refractivity (Wildman–Crippen MR) is 78.4 cm³/mol. The molecule has 18 heavy (non-hydrogen) atoms. The summed E-state index contributed by atoms with van der Waals surface area (Å²) in [5, 5.41) is 0.637. The van der Waals surface area contributed by atoms with Crippen LogP contribution in [0.5, 0.6) is 0 Å². The van der Waals surface area contributed by atoms with Crippen LogP contribution in [0.1, 0.15) is 21.5 Å². The van der Waals surface area contributed by atoms with Crippen molar-refractivity contribution in [2.45, 2.75) is 13.3 Å². The minimum absolute atomic E-state index is 0.0851. The van der Waals surface area contributed by atoms with Crippen molar-refractivity contribution in [2.24, 2.45) is 0 Å². The lowest BCUT2D eigenvalue weighted by Crippen LogP contribution is -2.06. The lowest BCUT2D eigenvalue weighted by molar-refractivity contribution is 0.0992. The quantitative estimate of drug-likeness (QED) is 0.739. The minimum Gasteiger partial charge on any atom is -0.294 e. The SMILES string of the molecule is Cc1c(Br)cccc1C(=O)Cc1ccccc1Cl. The van der Waals surface area contributed by atoms with Gasteiger partial charge in [0, 0.05) is 21.5 Å². The second-order valence-corrected chi connectivity index (χ2v) is 5.37. The maximum absolute atomic E-state index is 12.3. The van der Waals surface area contributed by atoms with Gasteiger partial charge < -0.3 is 0 Å². The number of Topliss-reactive ketones (excluding diaryl/α,β-unsaturated/α-hetero) is 1. The van der Waals surface area contributed by atoms with Gasteiger partial charge in [0.1, 0.15) is 0 Å². The number of carbonyl (C=O) groups is 1. The summed E-state index contributed by atoms with van der Waals surface area (Å²) in [6, 6.07) is 13.1. The largest absolute Gasteiger partial charge is 0.294 e. The number of benzene rings is 2. The van der Waals surface area contributed by atoms with Gasteiger partial charge in [0.2, 0.25) is 0 Å². The Bertz CT molecular complexity index is 593. The zero-order chi connectivity index (χ0) is 13.1. The fraction of sp³-hybridized carbons (Fsp3) is 0.133. The molecule has 92 valence electrons. The molecule has 2 aromatic rings. The molecular weight excluding hydrogens is 312 g/mol. The zero-order valence-electron chi connectivity index (χ0n) is 9.91. The molecule has 0 radical (unpaired) electrons. The molecule has 0 saturated carbocycles. The summed E-state index contributed by atoms with van der Waals surface area (Å²) in [5.41, 5.74) is 2.57. The van der Waals surface area contributed by atoms with E-state index in [4.69, 9.17) is 11.6 Å². The molecule has 0 spiro atoms. The van der Waals surface area contributed by atoms with Gasteiger partial charge in [0.25, 0.3) is 0 Å². The third-order valence-electron chi connectivity index (χ3n) is 2.88. The van der Waals surface area contributed by atoms with Gasteiger partial charge in [-0.3, -0.25) is 4.79 Å². The minimum atomic E-state index is 0.0851. The molecule has 0 aromatic heterocycles. The van der Waals surface area contributed by atoms with Gasteiger partial charge in [0.05, 0.1) is 0 Å². The van der Waals surface area contributed by atoms with Gasteiger partial charge in [-0.25, -0.2) is 0 Å². The first kappa shape index (κ1) is 13.3. The van der Waals surface area contributed by atoms with Gasteiger partial charge in [-0.1, -0.05) is 57.9 Å². The second kappa shape index (κ2) is 5.68. The molecule has 0 unspecified atom stereocenters. The maximum atomic E-state index is 12.3. The molecule has 0 aliphatic carbocycles. The Hall–Kier alpha value is -1.12. The van der Waals surface area contributed by atoms with Crippen molar-refractivity contribution < 1.29 is 4.79 Å². The van der Waals surface area contributed by atoms with Gasteiger partial charge in [-0.2, -0.15) is 0 Å². The summed E-state index contributed by atoms with van der Waals surface area (Å²) in [4.78, 5) is 12.3. The number of hydrogen-bond acceptors (Lipinski definition) is 1. The zero-order valence-corrected chi connectivity index (χ0v) is 12.3. The van der Waals surface area contributed by atoms with E-state index in [9.17, 15) is 4.79 Å². The van der Waals surface area contributed by atoms with Crippen LogP contribution in [0.2, 0.25) is 5.02 Å². The molecule has 2 rings (SSSR count). The summed E-state index contributed by atoms with van der Waals surface area (Å²) in [6.45, 7) is 1.93. The summed E-state index contributed by atoms with van der Waals surface area (Å²) in [7, 11) is 0. The van der Waals surface area contributed by atoms with E-state index in [0.29, 0.717) is 11.4 Å². The molecule has 0 heterocycles. The van der Waals surface area contributed by atoms with E-state index < -0.39 is 0 Å². The third-order valence-corrected chi connectivity index (χ3v) is 4.10. The van der Waals surface area contributed by atoms with E-state index in [1.807, 2.05) is 43.3 Å². The van der Waals surface area contributed by atoms with E-state index in [2.05, 4.69) is 15.9 Å². The van der Waals surface area contributed by atoms with Crippen molar-refractivity contribution in [3.63, 3.8) is 0 Å². The Morgan fingerprint density at radius 1 is 1.17 bits per heavy atom. The number of ketones is 1. The summed E-state index contributed by atoms with van der Waals surface area (Å²) >= 11 is 9.50. The van der Waals surface area contributed by atoms with E-state index in [-0.39, 0.29) is 5.78 Å². The first-order valence-electron chi connectivity index (χ1n) is 5.61. The second-order valence-electron chi connectivity index (χ2n) is 4.10. The van der Waals surface area contributed by atoms with E-state index in [0.717, 1.165) is 21.2 Å². The standard InChI is InChI=1S/C15H12BrClO/c1-10-12(6-4-7-13(10)16)15(18)9-11-5-2-3-8-14(11)17/h2-8H,9H2,1H3. The van der Waals surface area contributed by atoms with E-state index in [1.165, 1.54) is 0 Å². The molecule has 0 atom stereocenters. The molecule has 1 nitrogen and oxygen atoms in total. The van der Waals surface area contributed by atoms with Gasteiger partial charge in [0.15, 0.2) is 5.78 Å². The van der Waals surface area contributed by atoms with Gasteiger partial charge in [-0.05, 0) is 30.2 Å². The van der Waals surface area contributed by atoms with Gasteiger partial charge in [-0.15, -0.1) is 0 Å². The van der Waals surface area contributed by atoms with Crippen molar-refractivity contribution in [1.82, 2.24) is 0 Å². The average molecular weight is 324 g/mol. The molecule has 0 bridgehead atoms. The lowest BCUT2D eigenvalue weighted by Gasteiger charge is -2.07. The predicted octanol–water partition coefficient (Wildman–Crippen LogP) is 4.84. The number of hydrogen-bond donors (Lipinski definition) is 0. The van der Waals surface area contributed by atoms with Crippen LogP contribution in [-0.2, 0) is 6.42 Å². The normalized spacial score (nSPS) is 10.4. The molecule has 0 N–H and O–H groups in total. The fourth-order valence-corrected chi connectivity index (χ4v) is 2.39. The number of halogens is 2. The summed E-state index contributed by atoms with van der Waals surface area (Å²) in [5.74, 6) is 0.0851. The molecule has 0 aliphatic rings. The monoisotopic (exact) mass is 322 g/mol. The van der Waals surface area contributed by atoms with Crippen LogP contribution in [0.15, 0.2) is 46.9 Å². The molecule has 0 fully saturated rings. The third kappa shape index (κ3) is 2.82. The molecular formula is C15H12BrClO. The Labute approximate surface area is 120 Å². The van der Waals surface area contributed by atoms with Crippen molar-refractivity contribution >= 4 is 33.3 Å². The molecule has 0 amide bonds. The van der Waals surface area contributed by atoms with Crippen LogP contribution in [-0.4, -0.2) is 5.78 Å². The van der Waals surface area contributed by atoms with Crippen LogP contribution < -0.4 is 0 Å². The van der Waals surface area contributed by atoms with Crippen LogP contribution in [0.4, 0.5) is 0 Å². The van der Waals surface area contributed by atoms with Crippen LogP contribution >= 0.6 is 27.5 Å². The van der Waals surface area contributed by atoms with E-state index >= 15 is 0 Å². The smallest absolute Gasteiger partial charge is 0.167 e. The van der Waals surface area contributed by atoms with Crippen molar-refractivity contribution in [3.05, 3.63) is 68.7 Å². The highest BCUT2D eigenvalue weighted by Crippen LogP contribution is 2.22. The van der Waals surface area contributed by atoms with Crippen LogP contribution in [0, 0.1) is 6.92 Å². The molecule has 0 saturated heterocycles. The highest BCUT2D eigenvalue weighted by molar-refractivity contribution is 9.10. The Morgan fingerprint density at radius 3 is 2.61 bits per heavy atom. The summed E-state index contributed by atoms with van der Waals surface area (Å²) < 4.78 is 0.951. The highest BCUT2D eigenvalue weighted by Gasteiger charge is 2.12. The van der Waals surface area contributed by atoms with E-state index in [1.54, 1.807) is 6.07 Å². The lowest BCUT2D eigenvalue weighted by atomic mass is 9.99. The van der Waals surface area contributed by atoms with Crippen LogP contribution in [0.3, 0.4) is 0 Å². The Kier molecular flexibility index (Phi) is 4.20. The average Bonchev–Trinajstić information content (AvgIpc) is 2.35. The molecule has 2 aromatic carbocycles. The Morgan fingerprint density at radius 2 is 1.89 bits per heavy atom. The number of rotatable bonds is 3.